The van der Waals surface area contributed by atoms with Gasteiger partial charge in [-0.2, -0.15) is 0 Å². The Morgan fingerprint density at radius 3 is 2.42 bits per heavy atom. The van der Waals surface area contributed by atoms with Crippen LogP contribution in [-0.2, 0) is 33.3 Å². The van der Waals surface area contributed by atoms with E-state index in [2.05, 4.69) is 0 Å². The minimum Gasteiger partial charge on any atom is -0.471 e. The maximum absolute atomic E-state index is 13.0. The van der Waals surface area contributed by atoms with E-state index in [0.29, 0.717) is 18.4 Å². The van der Waals surface area contributed by atoms with Crippen molar-refractivity contribution in [2.45, 2.75) is 88.7 Å². The van der Waals surface area contributed by atoms with Gasteiger partial charge in [0.05, 0.1) is 26.2 Å². The number of aliphatic hydroxyl groups excluding tert-OH is 5. The van der Waals surface area contributed by atoms with Gasteiger partial charge in [0.2, 0.25) is 6.29 Å². The molecule has 0 aromatic heterocycles. The highest BCUT2D eigenvalue weighted by atomic mass is 16.8. The van der Waals surface area contributed by atoms with Crippen molar-refractivity contribution in [3.63, 3.8) is 0 Å². The fraction of sp³-hybridized carbons (Fsp3) is 0.704. The van der Waals surface area contributed by atoms with Crippen molar-refractivity contribution >= 4 is 11.9 Å². The summed E-state index contributed by atoms with van der Waals surface area (Å²) in [5.41, 5.74) is -1.15. The first-order chi connectivity index (χ1) is 18.9. The molecule has 0 spiro atoms. The predicted molar refractivity (Wildman–Crippen MR) is 136 cm³/mol. The van der Waals surface area contributed by atoms with Crippen molar-refractivity contribution in [1.29, 1.82) is 0 Å². The Morgan fingerprint density at radius 2 is 1.80 bits per heavy atom. The van der Waals surface area contributed by atoms with Gasteiger partial charge in [0.1, 0.15) is 48.0 Å². The highest BCUT2D eigenvalue weighted by molar-refractivity contribution is 5.92. The SMILES string of the molecule is COC(=O)C1=COC(OC2OC(CO)C(O)C(O)C2O)C2C(C)CC(OC(=O)C(C)=CCCC(C)=CCO)C12O. The Bertz CT molecular complexity index is 1000. The second kappa shape index (κ2) is 13.5. The lowest BCUT2D eigenvalue weighted by Gasteiger charge is -2.45. The van der Waals surface area contributed by atoms with E-state index < -0.39 is 79.1 Å². The van der Waals surface area contributed by atoms with Crippen molar-refractivity contribution in [1.82, 2.24) is 0 Å². The summed E-state index contributed by atoms with van der Waals surface area (Å²) in [6, 6.07) is 0. The minimum atomic E-state index is -2.11. The molecule has 13 nitrogen and oxygen atoms in total. The molecule has 3 aliphatic rings. The molecule has 0 aromatic rings. The molecule has 1 saturated carbocycles. The predicted octanol–water partition coefficient (Wildman–Crippen LogP) is -0.820. The summed E-state index contributed by atoms with van der Waals surface area (Å²) in [4.78, 5) is 25.6. The van der Waals surface area contributed by atoms with Crippen LogP contribution in [0.5, 0.6) is 0 Å². The average Bonchev–Trinajstić information content (AvgIpc) is 3.18. The number of ether oxygens (including phenoxy) is 5. The molecule has 6 N–H and O–H groups in total. The van der Waals surface area contributed by atoms with Gasteiger partial charge in [-0.05, 0) is 39.0 Å². The third-order valence-electron chi connectivity index (χ3n) is 7.76. The molecule has 10 atom stereocenters. The van der Waals surface area contributed by atoms with Crippen LogP contribution in [0.25, 0.3) is 0 Å². The Balaban J connectivity index is 1.84. The van der Waals surface area contributed by atoms with Crippen LogP contribution >= 0.6 is 0 Å². The third-order valence-corrected chi connectivity index (χ3v) is 7.76. The summed E-state index contributed by atoms with van der Waals surface area (Å²) < 4.78 is 27.4. The van der Waals surface area contributed by atoms with E-state index >= 15 is 0 Å². The number of fused-ring (bicyclic) bond motifs is 1. The van der Waals surface area contributed by atoms with Crippen molar-refractivity contribution < 1.29 is 63.9 Å². The zero-order valence-electron chi connectivity index (χ0n) is 23.0. The van der Waals surface area contributed by atoms with Crippen molar-refractivity contribution in [2.24, 2.45) is 11.8 Å². The zero-order chi connectivity index (χ0) is 29.8. The lowest BCUT2D eigenvalue weighted by atomic mass is 9.78. The summed E-state index contributed by atoms with van der Waals surface area (Å²) in [5, 5.41) is 61.1. The lowest BCUT2D eigenvalue weighted by Crippen LogP contribution is -2.62. The number of aliphatic hydroxyl groups is 6. The van der Waals surface area contributed by atoms with Crippen LogP contribution in [0.15, 0.2) is 35.1 Å². The van der Waals surface area contributed by atoms with Crippen LogP contribution in [-0.4, -0.2) is 112 Å². The number of carbonyl (C=O) groups is 2. The minimum absolute atomic E-state index is 0.0724. The van der Waals surface area contributed by atoms with Crippen molar-refractivity contribution in [3.8, 4) is 0 Å². The van der Waals surface area contributed by atoms with E-state index in [9.17, 15) is 35.1 Å². The van der Waals surface area contributed by atoms with Crippen molar-refractivity contribution in [3.05, 3.63) is 35.1 Å². The fourth-order valence-electron chi connectivity index (χ4n) is 5.42. The Hall–Kier alpha value is -2.36. The van der Waals surface area contributed by atoms with Gasteiger partial charge in [0.15, 0.2) is 6.29 Å². The first kappa shape index (κ1) is 32.2. The molecule has 0 bridgehead atoms. The van der Waals surface area contributed by atoms with Crippen LogP contribution < -0.4 is 0 Å². The molecule has 3 rings (SSSR count). The number of methoxy groups -OCH3 is 1. The average molecular weight is 573 g/mol. The van der Waals surface area contributed by atoms with Crippen LogP contribution in [0.4, 0.5) is 0 Å². The quantitative estimate of drug-likeness (QED) is 0.108. The molecule has 2 heterocycles. The molecule has 2 fully saturated rings. The first-order valence-electron chi connectivity index (χ1n) is 13.2. The molecule has 0 radical (unpaired) electrons. The van der Waals surface area contributed by atoms with Crippen LogP contribution in [0.2, 0.25) is 0 Å². The van der Waals surface area contributed by atoms with Gasteiger partial charge >= 0.3 is 11.9 Å². The van der Waals surface area contributed by atoms with E-state index in [1.807, 2.05) is 6.92 Å². The van der Waals surface area contributed by atoms with Gasteiger partial charge in [-0.1, -0.05) is 24.6 Å². The summed E-state index contributed by atoms with van der Waals surface area (Å²) in [5.74, 6) is -3.08. The van der Waals surface area contributed by atoms with Crippen LogP contribution in [0, 0.1) is 11.8 Å². The van der Waals surface area contributed by atoms with Gasteiger partial charge < -0.3 is 54.3 Å². The lowest BCUT2D eigenvalue weighted by molar-refractivity contribution is -0.347. The molecule has 226 valence electrons. The van der Waals surface area contributed by atoms with E-state index in [1.165, 1.54) is 0 Å². The molecule has 2 aliphatic heterocycles. The molecule has 40 heavy (non-hydrogen) atoms. The molecule has 0 aromatic carbocycles. The van der Waals surface area contributed by atoms with Gasteiger partial charge in [0, 0.05) is 5.57 Å². The van der Waals surface area contributed by atoms with E-state index in [-0.39, 0.29) is 18.6 Å². The third kappa shape index (κ3) is 6.42. The standard InChI is InChI=1S/C27H40O13/c1-13(8-9-28)6-5-7-14(2)23(33)39-18-10-15(3)19-25(37-12-16(24(34)36-4)27(18,19)35)40-26-22(32)21(31)20(30)17(11-29)38-26/h7-8,12,15,17-22,25-26,28-32,35H,5-6,9-11H2,1-4H3. The Labute approximate surface area is 232 Å². The smallest absolute Gasteiger partial charge is 0.339 e. The highest BCUT2D eigenvalue weighted by Crippen LogP contribution is 2.52. The number of esters is 2. The van der Waals surface area contributed by atoms with Gasteiger partial charge in [-0.25, -0.2) is 9.59 Å². The van der Waals surface area contributed by atoms with E-state index in [4.69, 9.17) is 28.8 Å². The summed E-state index contributed by atoms with van der Waals surface area (Å²) >= 11 is 0. The normalized spacial score (nSPS) is 38.2. The molecular weight excluding hydrogens is 532 g/mol. The summed E-state index contributed by atoms with van der Waals surface area (Å²) in [6.07, 6.45) is -4.83. The first-order valence-corrected chi connectivity index (χ1v) is 13.2. The van der Waals surface area contributed by atoms with Crippen LogP contribution in [0.3, 0.4) is 0 Å². The van der Waals surface area contributed by atoms with E-state index in [0.717, 1.165) is 18.9 Å². The monoisotopic (exact) mass is 572 g/mol. The molecule has 13 heteroatoms. The number of hydrogen-bond donors (Lipinski definition) is 6. The van der Waals surface area contributed by atoms with Crippen molar-refractivity contribution in [2.75, 3.05) is 20.3 Å². The Morgan fingerprint density at radius 1 is 1.10 bits per heavy atom. The molecule has 0 amide bonds. The number of rotatable bonds is 10. The Kier molecular flexibility index (Phi) is 10.9. The summed E-state index contributed by atoms with van der Waals surface area (Å²) in [7, 11) is 1.12. The maximum atomic E-state index is 13.0. The number of allylic oxidation sites excluding steroid dienone is 2. The highest BCUT2D eigenvalue weighted by Gasteiger charge is 2.65. The van der Waals surface area contributed by atoms with E-state index in [1.54, 1.807) is 26.0 Å². The molecule has 1 aliphatic carbocycles. The number of carbonyl (C=O) groups excluding carboxylic acids is 2. The molecular formula is C27H40O13. The largest absolute Gasteiger partial charge is 0.471 e. The summed E-state index contributed by atoms with van der Waals surface area (Å²) in [6.45, 7) is 4.42. The maximum Gasteiger partial charge on any atom is 0.339 e. The fourth-order valence-corrected chi connectivity index (χ4v) is 5.42. The van der Waals surface area contributed by atoms with Gasteiger partial charge in [0.25, 0.3) is 0 Å². The van der Waals surface area contributed by atoms with Gasteiger partial charge in [-0.3, -0.25) is 0 Å². The second-order valence-electron chi connectivity index (χ2n) is 10.5. The number of hydrogen-bond acceptors (Lipinski definition) is 13. The molecule has 10 unspecified atom stereocenters. The second-order valence-corrected chi connectivity index (χ2v) is 10.5. The topological polar surface area (TPSA) is 202 Å². The van der Waals surface area contributed by atoms with Crippen LogP contribution in [0.1, 0.15) is 40.0 Å². The van der Waals surface area contributed by atoms with Gasteiger partial charge in [-0.15, -0.1) is 0 Å². The molecule has 1 saturated heterocycles. The zero-order valence-corrected chi connectivity index (χ0v) is 23.0.